The molecule has 1 saturated carbocycles. The highest BCUT2D eigenvalue weighted by molar-refractivity contribution is 5.97. The zero-order chi connectivity index (χ0) is 24.4. The summed E-state index contributed by atoms with van der Waals surface area (Å²) in [5.74, 6) is 0.691. The molecule has 1 aromatic carbocycles. The largest absolute Gasteiger partial charge is 0.390 e. The van der Waals surface area contributed by atoms with Crippen LogP contribution in [0, 0.1) is 5.92 Å². The highest BCUT2D eigenvalue weighted by atomic mass is 16.5. The van der Waals surface area contributed by atoms with Crippen molar-refractivity contribution in [1.29, 1.82) is 0 Å². The van der Waals surface area contributed by atoms with Crippen LogP contribution in [0.1, 0.15) is 54.8 Å². The van der Waals surface area contributed by atoms with Crippen LogP contribution >= 0.6 is 0 Å². The topological polar surface area (TPSA) is 116 Å². The number of pyridine rings is 1. The number of carbonyl (C=O) groups excluding carboxylic acids is 1. The second-order valence-corrected chi connectivity index (χ2v) is 10.2. The van der Waals surface area contributed by atoms with Crippen LogP contribution in [0.4, 0.5) is 5.82 Å². The van der Waals surface area contributed by atoms with E-state index in [1.807, 2.05) is 36.4 Å². The second-order valence-electron chi connectivity index (χ2n) is 10.2. The van der Waals surface area contributed by atoms with Crippen molar-refractivity contribution >= 4 is 22.6 Å². The molecule has 8 nitrogen and oxygen atoms in total. The molecule has 1 aliphatic carbocycles. The van der Waals surface area contributed by atoms with Crippen molar-refractivity contribution in [3.63, 3.8) is 0 Å². The van der Waals surface area contributed by atoms with Crippen LogP contribution in [0.2, 0.25) is 0 Å². The fourth-order valence-electron chi connectivity index (χ4n) is 5.42. The molecular formula is C27H35N5O3. The highest BCUT2D eigenvalue weighted by Gasteiger charge is 2.38. The number of nitrogens with zero attached hydrogens (tertiary/aromatic N) is 2. The maximum Gasteiger partial charge on any atom is 0.267 e. The van der Waals surface area contributed by atoms with Crippen LogP contribution in [0.3, 0.4) is 0 Å². The van der Waals surface area contributed by atoms with Gasteiger partial charge in [0.05, 0.1) is 18.3 Å². The predicted molar refractivity (Wildman–Crippen MR) is 136 cm³/mol. The number of para-hydroxylation sites is 1. The van der Waals surface area contributed by atoms with Gasteiger partial charge in [-0.3, -0.25) is 9.69 Å². The number of hydrogen-bond acceptors (Lipinski definition) is 6. The summed E-state index contributed by atoms with van der Waals surface area (Å²) in [5.41, 5.74) is 7.59. The molecule has 186 valence electrons. The number of anilines is 1. The average Bonchev–Trinajstić information content (AvgIpc) is 3.47. The molecule has 35 heavy (non-hydrogen) atoms. The summed E-state index contributed by atoms with van der Waals surface area (Å²) in [7, 11) is 0. The quantitative estimate of drug-likeness (QED) is 0.415. The van der Waals surface area contributed by atoms with Gasteiger partial charge >= 0.3 is 0 Å². The van der Waals surface area contributed by atoms with E-state index < -0.39 is 5.60 Å². The molecule has 1 aliphatic heterocycles. The molecular weight excluding hydrogens is 442 g/mol. The van der Waals surface area contributed by atoms with E-state index in [2.05, 4.69) is 27.1 Å². The molecule has 0 spiro atoms. The monoisotopic (exact) mass is 477 g/mol. The number of carbonyl (C=O) groups is 1. The molecule has 0 bridgehead atoms. The van der Waals surface area contributed by atoms with Gasteiger partial charge in [0.2, 0.25) is 0 Å². The van der Waals surface area contributed by atoms with Crippen LogP contribution in [0.15, 0.2) is 48.7 Å². The lowest BCUT2D eigenvalue weighted by atomic mass is 9.95. The van der Waals surface area contributed by atoms with Gasteiger partial charge in [0, 0.05) is 48.3 Å². The summed E-state index contributed by atoms with van der Waals surface area (Å²) >= 11 is 0. The fraction of sp³-hybridized carbons (Fsp3) is 0.481. The second kappa shape index (κ2) is 9.97. The van der Waals surface area contributed by atoms with Gasteiger partial charge in [0.1, 0.15) is 11.5 Å². The van der Waals surface area contributed by atoms with Crippen LogP contribution in [-0.4, -0.2) is 63.8 Å². The van der Waals surface area contributed by atoms with Gasteiger partial charge in [-0.05, 0) is 56.7 Å². The Morgan fingerprint density at radius 3 is 3.00 bits per heavy atom. The number of amides is 1. The molecule has 2 aromatic heterocycles. The van der Waals surface area contributed by atoms with E-state index >= 15 is 0 Å². The van der Waals surface area contributed by atoms with Crippen molar-refractivity contribution < 1.29 is 14.6 Å². The maximum atomic E-state index is 12.6. The Kier molecular flexibility index (Phi) is 6.77. The number of H-pyrrole nitrogens is 1. The number of hydrogen-bond donors (Lipinski definition) is 4. The Balaban J connectivity index is 1.11. The van der Waals surface area contributed by atoms with Gasteiger partial charge in [-0.15, -0.1) is 0 Å². The number of fused-ring (bicyclic) bond motifs is 1. The minimum Gasteiger partial charge on any atom is -0.390 e. The molecule has 1 saturated heterocycles. The molecule has 0 radical (unpaired) electrons. The molecule has 2 fully saturated rings. The van der Waals surface area contributed by atoms with E-state index in [9.17, 15) is 9.90 Å². The van der Waals surface area contributed by atoms with Crippen molar-refractivity contribution in [2.45, 2.75) is 50.4 Å². The summed E-state index contributed by atoms with van der Waals surface area (Å²) in [6.45, 7) is 4.98. The number of nitrogens with one attached hydrogen (secondary N) is 2. The van der Waals surface area contributed by atoms with Gasteiger partial charge in [-0.1, -0.05) is 24.3 Å². The number of aromatic nitrogens is 2. The number of benzene rings is 1. The summed E-state index contributed by atoms with van der Waals surface area (Å²) in [6, 6.07) is 13.8. The summed E-state index contributed by atoms with van der Waals surface area (Å²) in [6.07, 6.45) is 4.87. The Morgan fingerprint density at radius 1 is 1.34 bits per heavy atom. The first-order valence-corrected chi connectivity index (χ1v) is 12.5. The van der Waals surface area contributed by atoms with Gasteiger partial charge < -0.3 is 25.9 Å². The fourth-order valence-corrected chi connectivity index (χ4v) is 5.42. The average molecular weight is 478 g/mol. The van der Waals surface area contributed by atoms with Gasteiger partial charge in [-0.25, -0.2) is 4.98 Å². The van der Waals surface area contributed by atoms with Crippen LogP contribution in [0.25, 0.3) is 10.9 Å². The lowest BCUT2D eigenvalue weighted by Gasteiger charge is -2.39. The summed E-state index contributed by atoms with van der Waals surface area (Å²) in [5, 5.41) is 15.4. The third kappa shape index (κ3) is 5.50. The lowest BCUT2D eigenvalue weighted by molar-refractivity contribution is -0.0693. The van der Waals surface area contributed by atoms with E-state index in [0.717, 1.165) is 48.8 Å². The van der Waals surface area contributed by atoms with Gasteiger partial charge in [0.25, 0.3) is 5.91 Å². The number of aromatic amines is 1. The first-order chi connectivity index (χ1) is 16.9. The molecule has 2 aliphatic rings. The van der Waals surface area contributed by atoms with Crippen molar-refractivity contribution in [3.8, 4) is 0 Å². The molecule has 1 amide bonds. The first-order valence-electron chi connectivity index (χ1n) is 12.5. The first kappa shape index (κ1) is 23.8. The number of aliphatic hydroxyl groups is 1. The normalized spacial score (nSPS) is 27.3. The van der Waals surface area contributed by atoms with E-state index in [-0.39, 0.29) is 17.9 Å². The molecule has 5 N–H and O–H groups in total. The van der Waals surface area contributed by atoms with Crippen molar-refractivity contribution in [1.82, 2.24) is 20.2 Å². The molecule has 3 heterocycles. The van der Waals surface area contributed by atoms with E-state index in [4.69, 9.17) is 10.5 Å². The number of morpholine rings is 1. The lowest BCUT2D eigenvalue weighted by Crippen LogP contribution is -2.47. The summed E-state index contributed by atoms with van der Waals surface area (Å²) < 4.78 is 6.04. The van der Waals surface area contributed by atoms with E-state index in [1.165, 1.54) is 0 Å². The van der Waals surface area contributed by atoms with Crippen molar-refractivity contribution in [3.05, 3.63) is 59.9 Å². The number of rotatable bonds is 7. The Morgan fingerprint density at radius 2 is 2.20 bits per heavy atom. The Bertz CT molecular complexity index is 1130. The Labute approximate surface area is 205 Å². The highest BCUT2D eigenvalue weighted by Crippen LogP contribution is 2.37. The molecule has 4 atom stereocenters. The minimum atomic E-state index is -0.688. The van der Waals surface area contributed by atoms with Crippen LogP contribution in [-0.2, 0) is 4.74 Å². The number of nitrogen functional groups attached to an aromatic ring is 1. The molecule has 5 rings (SSSR count). The maximum absolute atomic E-state index is 12.6. The predicted octanol–water partition coefficient (Wildman–Crippen LogP) is 3.26. The van der Waals surface area contributed by atoms with Crippen LogP contribution in [0.5, 0.6) is 0 Å². The zero-order valence-electron chi connectivity index (χ0n) is 20.2. The van der Waals surface area contributed by atoms with Crippen LogP contribution < -0.4 is 11.1 Å². The van der Waals surface area contributed by atoms with Crippen molar-refractivity contribution in [2.24, 2.45) is 5.92 Å². The standard InChI is InChI=1S/C27H35N5O3/c1-18-17-35-24(21-6-7-25(28)29-15-21)16-32(18)11-10-27(34)9-8-19(13-27)14-30-26(33)23-12-20-4-2-3-5-22(20)31-23/h2-7,12,15,18-19,24,31,34H,8-11,13-14,16-17H2,1H3,(H2,28,29)(H,30,33)/t18-,19+,24+,27-/m0/s1. The molecule has 0 unspecified atom stereocenters. The smallest absolute Gasteiger partial charge is 0.267 e. The summed E-state index contributed by atoms with van der Waals surface area (Å²) in [4.78, 5) is 22.4. The third-order valence-corrected chi connectivity index (χ3v) is 7.62. The van der Waals surface area contributed by atoms with E-state index in [1.54, 1.807) is 12.3 Å². The zero-order valence-corrected chi connectivity index (χ0v) is 20.2. The number of ether oxygens (including phenoxy) is 1. The van der Waals surface area contributed by atoms with Gasteiger partial charge in [0.15, 0.2) is 0 Å². The molecule has 8 heteroatoms. The van der Waals surface area contributed by atoms with Crippen molar-refractivity contribution in [2.75, 3.05) is 32.0 Å². The SMILES string of the molecule is C[C@H]1CO[C@@H](c2ccc(N)nc2)CN1CC[C@@]1(O)CC[C@@H](CNC(=O)c2cc3ccccc3[nH]2)C1. The Hall–Kier alpha value is -2.94. The molecule has 3 aromatic rings. The minimum absolute atomic E-state index is 0.0369. The van der Waals surface area contributed by atoms with E-state index in [0.29, 0.717) is 37.1 Å². The third-order valence-electron chi connectivity index (χ3n) is 7.62. The number of nitrogens with two attached hydrogens (primary N) is 1. The van der Waals surface area contributed by atoms with Gasteiger partial charge in [-0.2, -0.15) is 0 Å².